The lowest BCUT2D eigenvalue weighted by molar-refractivity contribution is 0.0414. The highest BCUT2D eigenvalue weighted by Crippen LogP contribution is 2.18. The average Bonchev–Trinajstić information content (AvgIpc) is 2.42. The first-order valence-corrected chi connectivity index (χ1v) is 6.89. The molecule has 1 fully saturated rings. The third-order valence-corrected chi connectivity index (χ3v) is 4.00. The second-order valence-corrected chi connectivity index (χ2v) is 5.60. The Balaban J connectivity index is 2.21. The van der Waals surface area contributed by atoms with E-state index >= 15 is 0 Å². The normalized spacial score (nSPS) is 23.8. The van der Waals surface area contributed by atoms with Crippen LogP contribution in [0.25, 0.3) is 0 Å². The number of amides is 1. The summed E-state index contributed by atoms with van der Waals surface area (Å²) >= 11 is 0. The zero-order valence-electron chi connectivity index (χ0n) is 12.6. The molecule has 2 atom stereocenters. The summed E-state index contributed by atoms with van der Waals surface area (Å²) in [6, 6.07) is 4.22. The predicted molar refractivity (Wildman–Crippen MR) is 79.4 cm³/mol. The molecule has 6 heteroatoms. The third kappa shape index (κ3) is 2.91. The van der Waals surface area contributed by atoms with Crippen LogP contribution >= 0.6 is 0 Å². The SMILES string of the molecule is Cc1cc(C(=O)N2CC(C)N(C)C(C)C2)cc(NN)n1. The Morgan fingerprint density at radius 3 is 2.50 bits per heavy atom. The highest BCUT2D eigenvalue weighted by Gasteiger charge is 2.29. The first kappa shape index (κ1) is 14.7. The van der Waals surface area contributed by atoms with Crippen molar-refractivity contribution in [2.45, 2.75) is 32.9 Å². The molecule has 0 spiro atoms. The summed E-state index contributed by atoms with van der Waals surface area (Å²) in [5.41, 5.74) is 3.91. The molecule has 0 radical (unpaired) electrons. The fraction of sp³-hybridized carbons (Fsp3) is 0.571. The van der Waals surface area contributed by atoms with Crippen LogP contribution in [-0.4, -0.2) is 52.9 Å². The number of aryl methyl sites for hydroxylation is 1. The largest absolute Gasteiger partial charge is 0.336 e. The quantitative estimate of drug-likeness (QED) is 0.619. The van der Waals surface area contributed by atoms with Crippen LogP contribution in [0.4, 0.5) is 5.82 Å². The molecule has 1 amide bonds. The van der Waals surface area contributed by atoms with Gasteiger partial charge in [-0.2, -0.15) is 0 Å². The molecule has 2 unspecified atom stereocenters. The smallest absolute Gasteiger partial charge is 0.254 e. The predicted octanol–water partition coefficient (Wildman–Crippen LogP) is 0.840. The summed E-state index contributed by atoms with van der Waals surface area (Å²) < 4.78 is 0. The van der Waals surface area contributed by atoms with Crippen LogP contribution in [0, 0.1) is 6.92 Å². The highest BCUT2D eigenvalue weighted by atomic mass is 16.2. The van der Waals surface area contributed by atoms with E-state index in [0.29, 0.717) is 23.5 Å². The number of pyridine rings is 1. The zero-order chi connectivity index (χ0) is 14.9. The number of carbonyl (C=O) groups excluding carboxylic acids is 1. The van der Waals surface area contributed by atoms with Gasteiger partial charge in [0.2, 0.25) is 0 Å². The number of piperazine rings is 1. The molecule has 1 aromatic heterocycles. The summed E-state index contributed by atoms with van der Waals surface area (Å²) in [5, 5.41) is 0. The summed E-state index contributed by atoms with van der Waals surface area (Å²) in [6.45, 7) is 7.62. The fourth-order valence-electron chi connectivity index (χ4n) is 2.62. The molecule has 0 aromatic carbocycles. The molecule has 2 rings (SSSR count). The Morgan fingerprint density at radius 1 is 1.35 bits per heavy atom. The number of hydrazine groups is 1. The van der Waals surface area contributed by atoms with Gasteiger partial charge in [0.25, 0.3) is 5.91 Å². The topological polar surface area (TPSA) is 74.5 Å². The van der Waals surface area contributed by atoms with E-state index in [-0.39, 0.29) is 5.91 Å². The molecule has 0 bridgehead atoms. The zero-order valence-corrected chi connectivity index (χ0v) is 12.6. The molecule has 6 nitrogen and oxygen atoms in total. The van der Waals surface area contributed by atoms with Gasteiger partial charge in [0.15, 0.2) is 0 Å². The summed E-state index contributed by atoms with van der Waals surface area (Å²) in [6.07, 6.45) is 0. The molecule has 0 saturated carbocycles. The lowest BCUT2D eigenvalue weighted by Crippen LogP contribution is -2.56. The maximum Gasteiger partial charge on any atom is 0.254 e. The number of nitrogen functional groups attached to an aromatic ring is 1. The van der Waals surface area contributed by atoms with Crippen LogP contribution in [-0.2, 0) is 0 Å². The molecular formula is C14H23N5O. The second-order valence-electron chi connectivity index (χ2n) is 5.60. The van der Waals surface area contributed by atoms with E-state index in [1.807, 2.05) is 11.8 Å². The summed E-state index contributed by atoms with van der Waals surface area (Å²) in [5.74, 6) is 5.94. The molecule has 20 heavy (non-hydrogen) atoms. The van der Waals surface area contributed by atoms with Gasteiger partial charge in [-0.15, -0.1) is 0 Å². The first-order valence-electron chi connectivity index (χ1n) is 6.89. The van der Waals surface area contributed by atoms with Crippen molar-refractivity contribution in [3.8, 4) is 0 Å². The minimum absolute atomic E-state index is 0.0406. The Hall–Kier alpha value is -1.66. The Labute approximate surface area is 119 Å². The van der Waals surface area contributed by atoms with E-state index in [1.165, 1.54) is 0 Å². The molecule has 1 aliphatic rings. The van der Waals surface area contributed by atoms with Crippen molar-refractivity contribution in [3.05, 3.63) is 23.4 Å². The number of nitrogens with zero attached hydrogens (tertiary/aromatic N) is 3. The van der Waals surface area contributed by atoms with Gasteiger partial charge >= 0.3 is 0 Å². The van der Waals surface area contributed by atoms with Crippen LogP contribution in [0.1, 0.15) is 29.9 Å². The molecule has 110 valence electrons. The van der Waals surface area contributed by atoms with E-state index < -0.39 is 0 Å². The monoisotopic (exact) mass is 277 g/mol. The van der Waals surface area contributed by atoms with Gasteiger partial charge in [-0.25, -0.2) is 10.8 Å². The van der Waals surface area contributed by atoms with Crippen LogP contribution in [0.2, 0.25) is 0 Å². The van der Waals surface area contributed by atoms with Crippen molar-refractivity contribution < 1.29 is 4.79 Å². The maximum atomic E-state index is 12.6. The molecule has 2 heterocycles. The highest BCUT2D eigenvalue weighted by molar-refractivity contribution is 5.95. The van der Waals surface area contributed by atoms with Gasteiger partial charge < -0.3 is 10.3 Å². The van der Waals surface area contributed by atoms with Crippen molar-refractivity contribution in [2.24, 2.45) is 5.84 Å². The minimum Gasteiger partial charge on any atom is -0.336 e. The number of rotatable bonds is 2. The number of carbonyl (C=O) groups is 1. The molecule has 1 aromatic rings. The van der Waals surface area contributed by atoms with E-state index in [9.17, 15) is 4.79 Å². The molecule has 3 N–H and O–H groups in total. The van der Waals surface area contributed by atoms with Crippen LogP contribution < -0.4 is 11.3 Å². The lowest BCUT2D eigenvalue weighted by Gasteiger charge is -2.42. The van der Waals surface area contributed by atoms with Crippen molar-refractivity contribution in [2.75, 3.05) is 25.6 Å². The first-order chi connectivity index (χ1) is 9.42. The molecule has 1 saturated heterocycles. The van der Waals surface area contributed by atoms with Gasteiger partial charge in [0.1, 0.15) is 5.82 Å². The summed E-state index contributed by atoms with van der Waals surface area (Å²) in [7, 11) is 2.10. The third-order valence-electron chi connectivity index (χ3n) is 4.00. The summed E-state index contributed by atoms with van der Waals surface area (Å²) in [4.78, 5) is 21.0. The number of likely N-dealkylation sites (N-methyl/N-ethyl adjacent to an activating group) is 1. The van der Waals surface area contributed by atoms with Crippen molar-refractivity contribution in [1.29, 1.82) is 0 Å². The van der Waals surface area contributed by atoms with Gasteiger partial charge in [-0.1, -0.05) is 0 Å². The van der Waals surface area contributed by atoms with E-state index in [0.717, 1.165) is 18.8 Å². The minimum atomic E-state index is 0.0406. The number of hydrogen-bond acceptors (Lipinski definition) is 5. The standard InChI is InChI=1S/C14H23N5O/c1-9-5-12(6-13(16-9)17-15)14(20)19-7-10(2)18(4)11(3)8-19/h5-6,10-11H,7-8,15H2,1-4H3,(H,16,17). The molecule has 0 aliphatic carbocycles. The number of aromatic nitrogens is 1. The Kier molecular flexibility index (Phi) is 4.25. The Morgan fingerprint density at radius 2 is 1.95 bits per heavy atom. The van der Waals surface area contributed by atoms with Gasteiger partial charge in [-0.05, 0) is 40.0 Å². The number of hydrogen-bond donors (Lipinski definition) is 2. The number of nitrogens with two attached hydrogens (primary N) is 1. The van der Waals surface area contributed by atoms with E-state index in [2.05, 4.69) is 36.2 Å². The fourth-order valence-corrected chi connectivity index (χ4v) is 2.62. The van der Waals surface area contributed by atoms with Crippen molar-refractivity contribution in [3.63, 3.8) is 0 Å². The van der Waals surface area contributed by atoms with Crippen LogP contribution in [0.5, 0.6) is 0 Å². The van der Waals surface area contributed by atoms with Crippen molar-refractivity contribution >= 4 is 11.7 Å². The van der Waals surface area contributed by atoms with Gasteiger partial charge in [-0.3, -0.25) is 9.69 Å². The number of nitrogens with one attached hydrogen (secondary N) is 1. The molecule has 1 aliphatic heterocycles. The number of anilines is 1. The van der Waals surface area contributed by atoms with Crippen molar-refractivity contribution in [1.82, 2.24) is 14.8 Å². The van der Waals surface area contributed by atoms with Gasteiger partial charge in [0, 0.05) is 36.4 Å². The second kappa shape index (κ2) is 5.76. The Bertz CT molecular complexity index is 492. The molecular weight excluding hydrogens is 254 g/mol. The van der Waals surface area contributed by atoms with Crippen LogP contribution in [0.3, 0.4) is 0 Å². The maximum absolute atomic E-state index is 12.6. The van der Waals surface area contributed by atoms with Crippen LogP contribution in [0.15, 0.2) is 12.1 Å². The lowest BCUT2D eigenvalue weighted by atomic mass is 10.1. The van der Waals surface area contributed by atoms with E-state index in [4.69, 9.17) is 5.84 Å². The van der Waals surface area contributed by atoms with E-state index in [1.54, 1.807) is 12.1 Å². The van der Waals surface area contributed by atoms with Gasteiger partial charge in [0.05, 0.1) is 0 Å². The average molecular weight is 277 g/mol.